The summed E-state index contributed by atoms with van der Waals surface area (Å²) in [6, 6.07) is 68.5. The van der Waals surface area contributed by atoms with Gasteiger partial charge in [0.15, 0.2) is 0 Å². The summed E-state index contributed by atoms with van der Waals surface area (Å²) in [7, 11) is 0. The van der Waals surface area contributed by atoms with Gasteiger partial charge in [-0.3, -0.25) is 19.9 Å². The fourth-order valence-electron chi connectivity index (χ4n) is 9.49. The first-order valence-electron chi connectivity index (χ1n) is 28.7. The van der Waals surface area contributed by atoms with E-state index in [0.29, 0.717) is 12.8 Å². The van der Waals surface area contributed by atoms with Gasteiger partial charge in [-0.05, 0) is 121 Å². The van der Waals surface area contributed by atoms with Crippen LogP contribution in [-0.4, -0.2) is 74.7 Å². The monoisotopic (exact) mass is 1500 g/mol. The van der Waals surface area contributed by atoms with Crippen molar-refractivity contribution in [1.29, 1.82) is 0 Å². The SMILES string of the molecule is CC(C)C(O)CC(O)C(C)C.CC(O)CC(C)O.Cc1[c-]c(-c2cc(-c3cc(C)cc(C)c3)ncn2)cc(C)c1.[Ir].[Ir].[c-]1ccccc1-c1cc(-c2ccccc2)ncn1.c1ccc(-c2ccnc3c2ccc2c(-c4ccccc4)ccnc23)cc1. The normalized spacial score (nSPS) is 12.0. The van der Waals surface area contributed by atoms with Crippen LogP contribution in [0, 0.1) is 51.7 Å². The van der Waals surface area contributed by atoms with Crippen LogP contribution in [0.5, 0.6) is 0 Å². The molecule has 7 aromatic carbocycles. The van der Waals surface area contributed by atoms with Crippen molar-refractivity contribution in [3.8, 4) is 67.3 Å². The van der Waals surface area contributed by atoms with Gasteiger partial charge in [0.05, 0.1) is 46.8 Å². The Hall–Kier alpha value is -7.34. The van der Waals surface area contributed by atoms with E-state index in [0.717, 1.165) is 72.4 Å². The Morgan fingerprint density at radius 1 is 0.384 bits per heavy atom. The second-order valence-electron chi connectivity index (χ2n) is 21.9. The molecule has 4 unspecified atom stereocenters. The molecule has 10 nitrogen and oxygen atoms in total. The minimum absolute atomic E-state index is 0. The minimum atomic E-state index is -0.375. The summed E-state index contributed by atoms with van der Waals surface area (Å²) in [5.41, 5.74) is 19.4. The van der Waals surface area contributed by atoms with E-state index in [1.165, 1.54) is 38.9 Å². The van der Waals surface area contributed by atoms with Gasteiger partial charge < -0.3 is 20.4 Å². The van der Waals surface area contributed by atoms with Crippen molar-refractivity contribution in [2.75, 3.05) is 0 Å². The number of nitrogens with zero attached hydrogens (tertiary/aromatic N) is 6. The van der Waals surface area contributed by atoms with Crippen molar-refractivity contribution in [3.05, 3.63) is 241 Å². The van der Waals surface area contributed by atoms with Crippen LogP contribution in [0.2, 0.25) is 0 Å². The maximum Gasteiger partial charge on any atom is 0.106 e. The molecular formula is C74H78Ir2N6O4-2. The van der Waals surface area contributed by atoms with Gasteiger partial charge in [-0.2, -0.15) is 0 Å². The predicted molar refractivity (Wildman–Crippen MR) is 345 cm³/mol. The molecule has 0 fully saturated rings. The number of pyridine rings is 2. The number of benzene rings is 7. The van der Waals surface area contributed by atoms with E-state index in [1.54, 1.807) is 26.5 Å². The fraction of sp³-hybridized carbons (Fsp3) is 0.243. The van der Waals surface area contributed by atoms with Crippen LogP contribution in [0.4, 0.5) is 0 Å². The molecule has 2 radical (unpaired) electrons. The van der Waals surface area contributed by atoms with Gasteiger partial charge in [-0.25, -0.2) is 9.97 Å². The van der Waals surface area contributed by atoms with E-state index in [1.807, 2.05) is 119 Å². The van der Waals surface area contributed by atoms with Crippen LogP contribution in [0.25, 0.3) is 89.1 Å². The number of hydrogen-bond acceptors (Lipinski definition) is 10. The number of aliphatic hydroxyl groups is 4. The van der Waals surface area contributed by atoms with Crippen LogP contribution in [-0.2, 0) is 40.2 Å². The molecule has 4 atom stereocenters. The van der Waals surface area contributed by atoms with Gasteiger partial charge >= 0.3 is 0 Å². The van der Waals surface area contributed by atoms with E-state index in [2.05, 4.69) is 173 Å². The third kappa shape index (κ3) is 20.7. The van der Waals surface area contributed by atoms with Gasteiger partial charge in [0, 0.05) is 63.4 Å². The third-order valence-electron chi connectivity index (χ3n) is 13.8. The number of aryl methyl sites for hydroxylation is 4. The number of aliphatic hydroxyl groups excluding tert-OH is 4. The topological polar surface area (TPSA) is 158 Å². The second kappa shape index (κ2) is 34.7. The summed E-state index contributed by atoms with van der Waals surface area (Å²) < 4.78 is 0. The average Bonchev–Trinajstić information content (AvgIpc) is 1.03. The summed E-state index contributed by atoms with van der Waals surface area (Å²) in [5.74, 6) is 0.479. The summed E-state index contributed by atoms with van der Waals surface area (Å²) in [6.45, 7) is 19.5. The largest absolute Gasteiger partial charge is 0.393 e. The maximum absolute atomic E-state index is 9.39. The van der Waals surface area contributed by atoms with Crippen molar-refractivity contribution in [2.45, 2.75) is 106 Å². The summed E-state index contributed by atoms with van der Waals surface area (Å²) in [6.07, 6.45) is 6.46. The third-order valence-corrected chi connectivity index (χ3v) is 13.8. The number of rotatable bonds is 12. The Morgan fingerprint density at radius 2 is 0.802 bits per heavy atom. The van der Waals surface area contributed by atoms with Crippen molar-refractivity contribution in [2.24, 2.45) is 11.8 Å². The Labute approximate surface area is 535 Å². The molecule has 4 aromatic heterocycles. The molecule has 11 rings (SSSR count). The molecule has 0 aliphatic rings. The van der Waals surface area contributed by atoms with E-state index in [-0.39, 0.29) is 76.5 Å². The van der Waals surface area contributed by atoms with Gasteiger partial charge in [0.2, 0.25) is 0 Å². The molecule has 0 aliphatic heterocycles. The van der Waals surface area contributed by atoms with Crippen LogP contribution in [0.3, 0.4) is 0 Å². The van der Waals surface area contributed by atoms with E-state index in [4.69, 9.17) is 10.2 Å². The number of hydrogen-bond donors (Lipinski definition) is 4. The maximum atomic E-state index is 9.39. The van der Waals surface area contributed by atoms with Gasteiger partial charge in [-0.1, -0.05) is 174 Å². The quantitative estimate of drug-likeness (QED) is 0.0685. The van der Waals surface area contributed by atoms with Crippen LogP contribution in [0.15, 0.2) is 207 Å². The fourth-order valence-corrected chi connectivity index (χ4v) is 9.49. The molecule has 0 spiro atoms. The van der Waals surface area contributed by atoms with Crippen LogP contribution in [0.1, 0.15) is 76.6 Å². The molecule has 4 heterocycles. The van der Waals surface area contributed by atoms with Gasteiger partial charge in [-0.15, -0.1) is 70.8 Å². The summed E-state index contributed by atoms with van der Waals surface area (Å²) >= 11 is 0. The summed E-state index contributed by atoms with van der Waals surface area (Å²) in [4.78, 5) is 26.8. The van der Waals surface area contributed by atoms with Crippen molar-refractivity contribution < 1.29 is 60.6 Å². The molecule has 0 saturated carbocycles. The molecule has 0 aliphatic carbocycles. The first kappa shape index (κ1) is 69.4. The Balaban J connectivity index is 0.000000207. The van der Waals surface area contributed by atoms with E-state index >= 15 is 0 Å². The smallest absolute Gasteiger partial charge is 0.106 e. The van der Waals surface area contributed by atoms with Gasteiger partial charge in [0.1, 0.15) is 12.7 Å². The molecule has 448 valence electrons. The second-order valence-corrected chi connectivity index (χ2v) is 21.9. The molecule has 86 heavy (non-hydrogen) atoms. The minimum Gasteiger partial charge on any atom is -0.393 e. The molecule has 0 amide bonds. The Bertz CT molecular complexity index is 3520. The van der Waals surface area contributed by atoms with Crippen molar-refractivity contribution in [1.82, 2.24) is 29.9 Å². The number of fused-ring (bicyclic) bond motifs is 3. The Kier molecular flexibility index (Phi) is 28.0. The Morgan fingerprint density at radius 3 is 1.22 bits per heavy atom. The van der Waals surface area contributed by atoms with Crippen molar-refractivity contribution in [3.63, 3.8) is 0 Å². The zero-order valence-corrected chi connectivity index (χ0v) is 55.4. The average molecular weight is 1500 g/mol. The van der Waals surface area contributed by atoms with Gasteiger partial charge in [0.25, 0.3) is 0 Å². The van der Waals surface area contributed by atoms with E-state index < -0.39 is 0 Å². The first-order chi connectivity index (χ1) is 40.4. The van der Waals surface area contributed by atoms with E-state index in [9.17, 15) is 10.2 Å². The molecule has 0 saturated heterocycles. The van der Waals surface area contributed by atoms with Crippen LogP contribution < -0.4 is 0 Å². The summed E-state index contributed by atoms with van der Waals surface area (Å²) in [5, 5.41) is 38.2. The molecule has 11 aromatic rings. The standard InChI is InChI=1S/C24H16N2.C20H19N2.C16H11N2.C9H20O2.C5H12O2.2Ir/c1-3-7-17(8-4-1)19-13-15-25-23-21(19)11-12-22-20(14-16-26-24(22)23)18-9-5-2-6-10-18;1-13-5-14(2)8-17(7-13)19-11-20(22-12-21-19)18-9-15(3)6-16(4)10-18;1-3-7-13(8-4-1)15-11-16(18-12-17-15)14-9-5-2-6-10-14;1-6(2)8(10)5-9(11)7(3)4;1-4(6)3-5(2)7;;/h1-16H;5-9,11-12H,1-4H3;1-9,11-12H;6-11H,5H2,1-4H3;4-7H,3H2,1-2H3;;/q;2*-1;;;;. The molecular weight excluding hydrogens is 1420 g/mol. The first-order valence-corrected chi connectivity index (χ1v) is 28.7. The van der Waals surface area contributed by atoms with Crippen LogP contribution >= 0.6 is 0 Å². The van der Waals surface area contributed by atoms with Crippen molar-refractivity contribution >= 4 is 21.8 Å². The molecule has 0 bridgehead atoms. The molecule has 12 heteroatoms. The predicted octanol–water partition coefficient (Wildman–Crippen LogP) is 16.1. The number of aromatic nitrogens is 6. The molecule has 4 N–H and O–H groups in total. The zero-order chi connectivity index (χ0) is 60.1. The zero-order valence-electron chi connectivity index (χ0n) is 50.6.